The average molecular weight is 352 g/mol. The first kappa shape index (κ1) is 18.3. The molecule has 130 valence electrons. The highest BCUT2D eigenvalue weighted by molar-refractivity contribution is 7.11. The van der Waals surface area contributed by atoms with Crippen molar-refractivity contribution in [2.75, 3.05) is 20.1 Å². The van der Waals surface area contributed by atoms with Gasteiger partial charge in [-0.3, -0.25) is 4.99 Å². The summed E-state index contributed by atoms with van der Waals surface area (Å²) in [5.41, 5.74) is 1.43. The molecule has 0 aliphatic heterocycles. The molecule has 0 atom stereocenters. The van der Waals surface area contributed by atoms with Crippen LogP contribution in [0.1, 0.15) is 21.1 Å². The number of aryl methyl sites for hydroxylation is 2. The Kier molecular flexibility index (Phi) is 6.66. The summed E-state index contributed by atoms with van der Waals surface area (Å²) in [6.45, 7) is 5.22. The monoisotopic (exact) mass is 352 g/mol. The maximum absolute atomic E-state index is 13.6. The van der Waals surface area contributed by atoms with Crippen LogP contribution < -0.4 is 10.6 Å². The zero-order valence-electron chi connectivity index (χ0n) is 14.1. The van der Waals surface area contributed by atoms with Gasteiger partial charge in [0.05, 0.1) is 10.7 Å². The summed E-state index contributed by atoms with van der Waals surface area (Å²) in [5.74, 6) is -0.174. The number of aromatic nitrogens is 1. The second-order valence-electron chi connectivity index (χ2n) is 5.40. The molecule has 2 rings (SSSR count). The van der Waals surface area contributed by atoms with Gasteiger partial charge >= 0.3 is 0 Å². The van der Waals surface area contributed by atoms with Gasteiger partial charge in [-0.25, -0.2) is 13.8 Å². The van der Waals surface area contributed by atoms with Gasteiger partial charge in [0.2, 0.25) is 0 Å². The molecule has 7 heteroatoms. The van der Waals surface area contributed by atoms with E-state index in [-0.39, 0.29) is 0 Å². The van der Waals surface area contributed by atoms with E-state index in [0.717, 1.165) is 35.8 Å². The first-order valence-corrected chi connectivity index (χ1v) is 8.62. The van der Waals surface area contributed by atoms with Gasteiger partial charge in [-0.1, -0.05) is 0 Å². The largest absolute Gasteiger partial charge is 0.356 e. The Hall–Kier alpha value is -2.02. The molecular weight excluding hydrogens is 330 g/mol. The van der Waals surface area contributed by atoms with Crippen molar-refractivity contribution in [2.24, 2.45) is 4.99 Å². The highest BCUT2D eigenvalue weighted by atomic mass is 32.1. The summed E-state index contributed by atoms with van der Waals surface area (Å²) in [4.78, 5) is 9.80. The summed E-state index contributed by atoms with van der Waals surface area (Å²) in [6, 6.07) is 3.50. The SMILES string of the molecule is CN=C(NCCc1cc(F)ccc1F)NCCc1sc(C)nc1C. The van der Waals surface area contributed by atoms with E-state index in [4.69, 9.17) is 0 Å². The van der Waals surface area contributed by atoms with Gasteiger partial charge < -0.3 is 10.6 Å². The highest BCUT2D eigenvalue weighted by Crippen LogP contribution is 2.17. The molecule has 1 aromatic heterocycles. The lowest BCUT2D eigenvalue weighted by Gasteiger charge is -2.12. The Morgan fingerprint density at radius 3 is 2.50 bits per heavy atom. The minimum absolute atomic E-state index is 0.355. The van der Waals surface area contributed by atoms with Crippen molar-refractivity contribution in [1.29, 1.82) is 0 Å². The van der Waals surface area contributed by atoms with Crippen LogP contribution in [0.15, 0.2) is 23.2 Å². The minimum Gasteiger partial charge on any atom is -0.356 e. The summed E-state index contributed by atoms with van der Waals surface area (Å²) < 4.78 is 26.7. The Balaban J connectivity index is 1.76. The predicted molar refractivity (Wildman–Crippen MR) is 94.7 cm³/mol. The molecule has 0 aliphatic carbocycles. The van der Waals surface area contributed by atoms with E-state index in [1.54, 1.807) is 18.4 Å². The molecule has 1 aromatic carbocycles. The average Bonchev–Trinajstić information content (AvgIpc) is 2.86. The summed E-state index contributed by atoms with van der Waals surface area (Å²) >= 11 is 1.70. The third-order valence-electron chi connectivity index (χ3n) is 3.56. The number of hydrogen-bond donors (Lipinski definition) is 2. The van der Waals surface area contributed by atoms with Gasteiger partial charge in [0.1, 0.15) is 11.6 Å². The first-order chi connectivity index (χ1) is 11.5. The summed E-state index contributed by atoms with van der Waals surface area (Å²) in [5, 5.41) is 7.40. The fourth-order valence-corrected chi connectivity index (χ4v) is 3.31. The van der Waals surface area contributed by atoms with Crippen LogP contribution in [-0.2, 0) is 12.8 Å². The Morgan fingerprint density at radius 1 is 1.17 bits per heavy atom. The maximum atomic E-state index is 13.6. The predicted octanol–water partition coefficient (Wildman–Crippen LogP) is 2.99. The normalized spacial score (nSPS) is 11.6. The quantitative estimate of drug-likeness (QED) is 0.621. The molecule has 0 bridgehead atoms. The molecule has 4 nitrogen and oxygen atoms in total. The number of halogens is 2. The van der Waals surface area contributed by atoms with Gasteiger partial charge in [-0.2, -0.15) is 0 Å². The topological polar surface area (TPSA) is 49.3 Å². The van der Waals surface area contributed by atoms with Crippen LogP contribution in [-0.4, -0.2) is 31.1 Å². The van der Waals surface area contributed by atoms with E-state index in [2.05, 4.69) is 20.6 Å². The molecule has 24 heavy (non-hydrogen) atoms. The van der Waals surface area contributed by atoms with Crippen molar-refractivity contribution in [1.82, 2.24) is 15.6 Å². The lowest BCUT2D eigenvalue weighted by molar-refractivity contribution is 0.583. The molecule has 0 saturated carbocycles. The molecule has 2 N–H and O–H groups in total. The lowest BCUT2D eigenvalue weighted by Crippen LogP contribution is -2.39. The fraction of sp³-hybridized carbons (Fsp3) is 0.412. The number of rotatable bonds is 6. The van der Waals surface area contributed by atoms with Gasteiger partial charge in [0, 0.05) is 31.4 Å². The highest BCUT2D eigenvalue weighted by Gasteiger charge is 2.06. The zero-order valence-corrected chi connectivity index (χ0v) is 14.9. The minimum atomic E-state index is -0.427. The van der Waals surface area contributed by atoms with Gasteiger partial charge in [0.25, 0.3) is 0 Å². The molecule has 0 spiro atoms. The van der Waals surface area contributed by atoms with E-state index < -0.39 is 11.6 Å². The summed E-state index contributed by atoms with van der Waals surface area (Å²) in [6.07, 6.45) is 1.26. The Bertz CT molecular complexity index is 713. The number of aliphatic imine (C=N–C) groups is 1. The second-order valence-corrected chi connectivity index (χ2v) is 6.69. The van der Waals surface area contributed by atoms with Crippen LogP contribution in [0, 0.1) is 25.5 Å². The third-order valence-corrected chi connectivity index (χ3v) is 4.69. The zero-order chi connectivity index (χ0) is 17.5. The molecule has 0 saturated heterocycles. The molecule has 0 radical (unpaired) electrons. The standard InChI is InChI=1S/C17H22F2N4S/c1-11-16(24-12(2)23-11)7-9-22-17(20-3)21-8-6-13-10-14(18)4-5-15(13)19/h4-5,10H,6-9H2,1-3H3,(H2,20,21,22). The van der Waals surface area contributed by atoms with E-state index in [9.17, 15) is 8.78 Å². The van der Waals surface area contributed by atoms with Gasteiger partial charge in [0.15, 0.2) is 5.96 Å². The Labute approximate surface area is 145 Å². The Morgan fingerprint density at radius 2 is 1.88 bits per heavy atom. The van der Waals surface area contributed by atoms with Gasteiger partial charge in [-0.15, -0.1) is 11.3 Å². The van der Waals surface area contributed by atoms with Crippen molar-refractivity contribution >= 4 is 17.3 Å². The van der Waals surface area contributed by atoms with Crippen LogP contribution in [0.5, 0.6) is 0 Å². The molecule has 1 heterocycles. The number of nitrogens with zero attached hydrogens (tertiary/aromatic N) is 2. The number of thiazole rings is 1. The van der Waals surface area contributed by atoms with Crippen LogP contribution >= 0.6 is 11.3 Å². The third kappa shape index (κ3) is 5.26. The van der Waals surface area contributed by atoms with E-state index >= 15 is 0 Å². The van der Waals surface area contributed by atoms with Crippen LogP contribution in [0.2, 0.25) is 0 Å². The number of nitrogens with one attached hydrogen (secondary N) is 2. The van der Waals surface area contributed by atoms with Crippen LogP contribution in [0.4, 0.5) is 8.78 Å². The van der Waals surface area contributed by atoms with Crippen molar-refractivity contribution in [3.63, 3.8) is 0 Å². The molecular formula is C17H22F2N4S. The van der Waals surface area contributed by atoms with E-state index in [0.29, 0.717) is 24.5 Å². The molecule has 0 unspecified atom stereocenters. The van der Waals surface area contributed by atoms with Crippen LogP contribution in [0.25, 0.3) is 0 Å². The smallest absolute Gasteiger partial charge is 0.190 e. The number of hydrogen-bond acceptors (Lipinski definition) is 3. The summed E-state index contributed by atoms with van der Waals surface area (Å²) in [7, 11) is 1.68. The van der Waals surface area contributed by atoms with Gasteiger partial charge in [-0.05, 0) is 44.0 Å². The number of benzene rings is 1. The van der Waals surface area contributed by atoms with Crippen molar-refractivity contribution in [2.45, 2.75) is 26.7 Å². The second kappa shape index (κ2) is 8.73. The molecule has 0 aliphatic rings. The molecule has 0 amide bonds. The molecule has 2 aromatic rings. The number of guanidine groups is 1. The lowest BCUT2D eigenvalue weighted by atomic mass is 10.1. The van der Waals surface area contributed by atoms with Crippen molar-refractivity contribution < 1.29 is 8.78 Å². The van der Waals surface area contributed by atoms with Crippen molar-refractivity contribution in [3.05, 3.63) is 51.0 Å². The van der Waals surface area contributed by atoms with E-state index in [1.165, 1.54) is 10.9 Å². The van der Waals surface area contributed by atoms with Crippen LogP contribution in [0.3, 0.4) is 0 Å². The van der Waals surface area contributed by atoms with E-state index in [1.807, 2.05) is 13.8 Å². The van der Waals surface area contributed by atoms with Crippen molar-refractivity contribution in [3.8, 4) is 0 Å². The fourth-order valence-electron chi connectivity index (χ4n) is 2.37. The maximum Gasteiger partial charge on any atom is 0.190 e. The molecule has 0 fully saturated rings. The first-order valence-electron chi connectivity index (χ1n) is 7.81.